The van der Waals surface area contributed by atoms with E-state index in [2.05, 4.69) is 31.0 Å². The zero-order valence-electron chi connectivity index (χ0n) is 14.1. The molecule has 1 aliphatic heterocycles. The summed E-state index contributed by atoms with van der Waals surface area (Å²) in [5.41, 5.74) is 1.16. The molecule has 1 saturated carbocycles. The Morgan fingerprint density at radius 1 is 0.950 bits per heavy atom. The normalized spacial score (nSPS) is 26.6. The molecule has 0 unspecified atom stereocenters. The summed E-state index contributed by atoms with van der Waals surface area (Å²) in [6, 6.07) is 0. The Labute approximate surface area is 126 Å². The maximum Gasteiger partial charge on any atom is 0.00501 e. The molecule has 1 aliphatic carbocycles. The molecule has 2 aliphatic rings. The van der Waals surface area contributed by atoms with Crippen LogP contribution in [-0.2, 0) is 0 Å². The molecule has 1 N–H and O–H groups in total. The summed E-state index contributed by atoms with van der Waals surface area (Å²) in [5, 5.41) is 3.72. The lowest BCUT2D eigenvalue weighted by Gasteiger charge is -2.45. The van der Waals surface area contributed by atoms with Crippen LogP contribution >= 0.6 is 0 Å². The fourth-order valence-corrected chi connectivity index (χ4v) is 4.01. The highest BCUT2D eigenvalue weighted by Crippen LogP contribution is 2.38. The monoisotopic (exact) mass is 280 g/mol. The van der Waals surface area contributed by atoms with Crippen molar-refractivity contribution < 1.29 is 0 Å². The molecule has 0 aromatic carbocycles. The van der Waals surface area contributed by atoms with Gasteiger partial charge in [0.25, 0.3) is 0 Å². The van der Waals surface area contributed by atoms with Crippen LogP contribution in [0.15, 0.2) is 0 Å². The van der Waals surface area contributed by atoms with Gasteiger partial charge in [-0.3, -0.25) is 0 Å². The lowest BCUT2D eigenvalue weighted by Crippen LogP contribution is -2.48. The third-order valence-electron chi connectivity index (χ3n) is 5.61. The van der Waals surface area contributed by atoms with Gasteiger partial charge in [0.2, 0.25) is 0 Å². The predicted molar refractivity (Wildman–Crippen MR) is 88.1 cm³/mol. The van der Waals surface area contributed by atoms with Crippen LogP contribution < -0.4 is 5.32 Å². The van der Waals surface area contributed by atoms with E-state index in [0.29, 0.717) is 10.8 Å². The predicted octanol–water partition coefficient (Wildman–Crippen LogP) is 4.06. The third-order valence-corrected chi connectivity index (χ3v) is 5.61. The van der Waals surface area contributed by atoms with Crippen molar-refractivity contribution in [3.8, 4) is 0 Å². The Hall–Kier alpha value is -0.0800. The van der Waals surface area contributed by atoms with Gasteiger partial charge in [-0.1, -0.05) is 40.0 Å². The van der Waals surface area contributed by atoms with E-state index in [4.69, 9.17) is 0 Å². The van der Waals surface area contributed by atoms with Crippen LogP contribution in [0.25, 0.3) is 0 Å². The van der Waals surface area contributed by atoms with Crippen LogP contribution in [0.5, 0.6) is 0 Å². The molecule has 118 valence electrons. The summed E-state index contributed by atoms with van der Waals surface area (Å²) in [5.74, 6) is 0. The van der Waals surface area contributed by atoms with E-state index in [-0.39, 0.29) is 0 Å². The second kappa shape index (κ2) is 7.26. The zero-order chi connectivity index (χ0) is 14.5. The van der Waals surface area contributed by atoms with Gasteiger partial charge in [0.05, 0.1) is 0 Å². The van der Waals surface area contributed by atoms with Gasteiger partial charge >= 0.3 is 0 Å². The first-order chi connectivity index (χ1) is 9.55. The van der Waals surface area contributed by atoms with Crippen molar-refractivity contribution in [1.82, 2.24) is 10.2 Å². The Morgan fingerprint density at radius 2 is 1.60 bits per heavy atom. The molecule has 0 amide bonds. The second-order valence-electron chi connectivity index (χ2n) is 8.18. The van der Waals surface area contributed by atoms with Crippen LogP contribution in [0.2, 0.25) is 0 Å². The van der Waals surface area contributed by atoms with Crippen molar-refractivity contribution in [3.05, 3.63) is 0 Å². The molecule has 0 spiro atoms. The Balaban J connectivity index is 1.87. The van der Waals surface area contributed by atoms with Gasteiger partial charge in [0.15, 0.2) is 0 Å². The molecule has 2 fully saturated rings. The van der Waals surface area contributed by atoms with E-state index in [1.807, 2.05) is 0 Å². The molecule has 1 heterocycles. The van der Waals surface area contributed by atoms with E-state index in [9.17, 15) is 0 Å². The van der Waals surface area contributed by atoms with Gasteiger partial charge < -0.3 is 10.2 Å². The zero-order valence-corrected chi connectivity index (χ0v) is 14.1. The van der Waals surface area contributed by atoms with E-state index >= 15 is 0 Å². The minimum atomic E-state index is 0.578. The number of piperidine rings is 1. The Bertz CT molecular complexity index is 269. The van der Waals surface area contributed by atoms with E-state index in [1.165, 1.54) is 84.1 Å². The standard InChI is InChI=1S/C18H36N2/c1-4-12-19-15-18(8-6-5-7-9-18)16-20-13-10-17(2,3)11-14-20/h19H,4-16H2,1-3H3. The summed E-state index contributed by atoms with van der Waals surface area (Å²) < 4.78 is 0. The first-order valence-corrected chi connectivity index (χ1v) is 8.98. The highest BCUT2D eigenvalue weighted by Gasteiger charge is 2.35. The molecule has 0 aromatic heterocycles. The SMILES string of the molecule is CCCNCC1(CN2CCC(C)(C)CC2)CCCCC1. The van der Waals surface area contributed by atoms with Crippen LogP contribution in [0, 0.1) is 10.8 Å². The molecule has 2 nitrogen and oxygen atoms in total. The van der Waals surface area contributed by atoms with E-state index in [0.717, 1.165) is 0 Å². The maximum absolute atomic E-state index is 3.72. The molecule has 0 aromatic rings. The van der Waals surface area contributed by atoms with Crippen molar-refractivity contribution >= 4 is 0 Å². The third kappa shape index (κ3) is 4.73. The Morgan fingerprint density at radius 3 is 2.20 bits per heavy atom. The minimum absolute atomic E-state index is 0.578. The number of hydrogen-bond donors (Lipinski definition) is 1. The summed E-state index contributed by atoms with van der Waals surface area (Å²) in [4.78, 5) is 2.77. The lowest BCUT2D eigenvalue weighted by molar-refractivity contribution is 0.0596. The van der Waals surface area contributed by atoms with Gasteiger partial charge in [-0.15, -0.1) is 0 Å². The summed E-state index contributed by atoms with van der Waals surface area (Å²) in [6.45, 7) is 13.6. The molecule has 0 radical (unpaired) electrons. The van der Waals surface area contributed by atoms with Crippen LogP contribution in [-0.4, -0.2) is 37.6 Å². The second-order valence-corrected chi connectivity index (χ2v) is 8.18. The van der Waals surface area contributed by atoms with Gasteiger partial charge in [-0.25, -0.2) is 0 Å². The number of nitrogens with one attached hydrogen (secondary N) is 1. The first kappa shape index (κ1) is 16.3. The smallest absolute Gasteiger partial charge is 0.00501 e. The number of likely N-dealkylation sites (tertiary alicyclic amines) is 1. The lowest BCUT2D eigenvalue weighted by atomic mass is 9.72. The Kier molecular flexibility index (Phi) is 5.92. The summed E-state index contributed by atoms with van der Waals surface area (Å²) >= 11 is 0. The molecule has 2 heteroatoms. The van der Waals surface area contributed by atoms with Crippen molar-refractivity contribution in [2.75, 3.05) is 32.7 Å². The quantitative estimate of drug-likeness (QED) is 0.738. The fourth-order valence-electron chi connectivity index (χ4n) is 4.01. The van der Waals surface area contributed by atoms with E-state index < -0.39 is 0 Å². The topological polar surface area (TPSA) is 15.3 Å². The molecule has 0 bridgehead atoms. The molecule has 2 rings (SSSR count). The van der Waals surface area contributed by atoms with Crippen molar-refractivity contribution in [1.29, 1.82) is 0 Å². The highest BCUT2D eigenvalue weighted by atomic mass is 15.1. The van der Waals surface area contributed by atoms with Gasteiger partial charge in [-0.2, -0.15) is 0 Å². The van der Waals surface area contributed by atoms with Crippen molar-refractivity contribution in [3.63, 3.8) is 0 Å². The number of hydrogen-bond acceptors (Lipinski definition) is 2. The summed E-state index contributed by atoms with van der Waals surface area (Å²) in [6.07, 6.45) is 11.3. The molecule has 20 heavy (non-hydrogen) atoms. The van der Waals surface area contributed by atoms with E-state index in [1.54, 1.807) is 0 Å². The largest absolute Gasteiger partial charge is 0.316 e. The van der Waals surface area contributed by atoms with Crippen LogP contribution in [0.1, 0.15) is 72.1 Å². The average molecular weight is 280 g/mol. The van der Waals surface area contributed by atoms with Crippen molar-refractivity contribution in [2.24, 2.45) is 10.8 Å². The van der Waals surface area contributed by atoms with Gasteiger partial charge in [-0.05, 0) is 62.6 Å². The molecular weight excluding hydrogens is 244 g/mol. The van der Waals surface area contributed by atoms with Crippen molar-refractivity contribution in [2.45, 2.75) is 72.1 Å². The van der Waals surface area contributed by atoms with Crippen LogP contribution in [0.4, 0.5) is 0 Å². The van der Waals surface area contributed by atoms with Crippen LogP contribution in [0.3, 0.4) is 0 Å². The highest BCUT2D eigenvalue weighted by molar-refractivity contribution is 4.90. The maximum atomic E-state index is 3.72. The van der Waals surface area contributed by atoms with Gasteiger partial charge in [0.1, 0.15) is 0 Å². The van der Waals surface area contributed by atoms with Gasteiger partial charge in [0, 0.05) is 13.1 Å². The fraction of sp³-hybridized carbons (Fsp3) is 1.00. The number of nitrogens with zero attached hydrogens (tertiary/aromatic N) is 1. The molecule has 1 saturated heterocycles. The first-order valence-electron chi connectivity index (χ1n) is 8.98. The molecule has 0 atom stereocenters. The minimum Gasteiger partial charge on any atom is -0.316 e. The average Bonchev–Trinajstić information content (AvgIpc) is 2.43. The number of rotatable bonds is 6. The summed E-state index contributed by atoms with van der Waals surface area (Å²) in [7, 11) is 0. The molecular formula is C18H36N2.